The van der Waals surface area contributed by atoms with Gasteiger partial charge in [-0.2, -0.15) is 0 Å². The van der Waals surface area contributed by atoms with E-state index in [1.807, 2.05) is 6.07 Å². The number of rotatable bonds is 3. The molecule has 0 aromatic heterocycles. The molecule has 1 saturated heterocycles. The molecule has 1 aliphatic heterocycles. The molecular formula is C15H20BrN3O2. The van der Waals surface area contributed by atoms with Crippen LogP contribution in [0, 0.1) is 5.92 Å². The summed E-state index contributed by atoms with van der Waals surface area (Å²) in [5.41, 5.74) is 5.40. The molecule has 21 heavy (non-hydrogen) atoms. The van der Waals surface area contributed by atoms with Crippen LogP contribution >= 0.6 is 15.9 Å². The number of carbonyl (C=O) groups excluding carboxylic acids is 2. The van der Waals surface area contributed by atoms with Gasteiger partial charge in [0.25, 0.3) is 11.8 Å². The number of hydrogen-bond donors (Lipinski definition) is 2. The topological polar surface area (TPSA) is 61.4 Å². The number of nitrogens with one attached hydrogen (secondary N) is 2. The van der Waals surface area contributed by atoms with E-state index in [4.69, 9.17) is 0 Å². The van der Waals surface area contributed by atoms with Crippen molar-refractivity contribution in [1.29, 1.82) is 0 Å². The zero-order valence-corrected chi connectivity index (χ0v) is 13.6. The van der Waals surface area contributed by atoms with Gasteiger partial charge in [0.2, 0.25) is 0 Å². The number of nitrogens with zero attached hydrogens (tertiary/aromatic N) is 1. The Morgan fingerprint density at radius 3 is 2.81 bits per heavy atom. The number of likely N-dealkylation sites (tertiary alicyclic amines) is 1. The molecule has 5 nitrogen and oxygen atoms in total. The van der Waals surface area contributed by atoms with E-state index in [0.717, 1.165) is 19.5 Å². The molecule has 0 aliphatic carbocycles. The molecule has 0 spiro atoms. The minimum absolute atomic E-state index is 0.190. The first-order chi connectivity index (χ1) is 10.1. The van der Waals surface area contributed by atoms with Gasteiger partial charge in [0, 0.05) is 11.0 Å². The summed E-state index contributed by atoms with van der Waals surface area (Å²) in [4.78, 5) is 25.9. The standard InChI is InChI=1S/C15H20BrN3O2/c1-11-5-4-8-19(9-11)10-14(20)17-18-15(21)12-6-2-3-7-13(12)16/h2-3,6-7,11H,4-5,8-10H2,1H3,(H,17,20)(H,18,21)/t11-/m0/s1. The van der Waals surface area contributed by atoms with Gasteiger partial charge < -0.3 is 0 Å². The second-order valence-corrected chi connectivity index (χ2v) is 6.32. The fourth-order valence-corrected chi connectivity index (χ4v) is 2.98. The molecule has 1 heterocycles. The molecule has 2 N–H and O–H groups in total. The third-order valence-corrected chi connectivity index (χ3v) is 4.23. The monoisotopic (exact) mass is 353 g/mol. The molecule has 0 bridgehead atoms. The molecule has 0 saturated carbocycles. The molecule has 1 aromatic carbocycles. The van der Waals surface area contributed by atoms with Crippen LogP contribution in [0.4, 0.5) is 0 Å². The predicted molar refractivity (Wildman–Crippen MR) is 84.6 cm³/mol. The van der Waals surface area contributed by atoms with Crippen molar-refractivity contribution in [2.75, 3.05) is 19.6 Å². The summed E-state index contributed by atoms with van der Waals surface area (Å²) >= 11 is 3.31. The van der Waals surface area contributed by atoms with Crippen LogP contribution in [0.15, 0.2) is 28.7 Å². The molecule has 114 valence electrons. The number of amides is 2. The summed E-state index contributed by atoms with van der Waals surface area (Å²) in [7, 11) is 0. The second kappa shape index (κ2) is 7.56. The van der Waals surface area contributed by atoms with Crippen molar-refractivity contribution in [3.8, 4) is 0 Å². The van der Waals surface area contributed by atoms with Gasteiger partial charge >= 0.3 is 0 Å². The third kappa shape index (κ3) is 4.82. The Balaban J connectivity index is 1.78. The average molecular weight is 354 g/mol. The Kier molecular flexibility index (Phi) is 5.76. The Bertz CT molecular complexity index is 521. The third-order valence-electron chi connectivity index (χ3n) is 3.54. The van der Waals surface area contributed by atoms with Crippen molar-refractivity contribution in [3.63, 3.8) is 0 Å². The minimum atomic E-state index is -0.331. The van der Waals surface area contributed by atoms with Gasteiger partial charge in [-0.15, -0.1) is 0 Å². The zero-order valence-electron chi connectivity index (χ0n) is 12.1. The fraction of sp³-hybridized carbons (Fsp3) is 0.467. The van der Waals surface area contributed by atoms with Crippen LogP contribution in [0.25, 0.3) is 0 Å². The highest BCUT2D eigenvalue weighted by Gasteiger charge is 2.18. The molecule has 0 radical (unpaired) electrons. The maximum Gasteiger partial charge on any atom is 0.270 e. The van der Waals surface area contributed by atoms with Crippen LogP contribution in [-0.2, 0) is 4.79 Å². The zero-order chi connectivity index (χ0) is 15.2. The molecule has 0 unspecified atom stereocenters. The largest absolute Gasteiger partial charge is 0.294 e. The highest BCUT2D eigenvalue weighted by molar-refractivity contribution is 9.10. The Morgan fingerprint density at radius 2 is 2.10 bits per heavy atom. The molecule has 2 amide bonds. The van der Waals surface area contributed by atoms with Gasteiger partial charge in [-0.25, -0.2) is 0 Å². The number of piperidine rings is 1. The summed E-state index contributed by atoms with van der Waals surface area (Å²) in [6.07, 6.45) is 2.34. The summed E-state index contributed by atoms with van der Waals surface area (Å²) in [5, 5.41) is 0. The minimum Gasteiger partial charge on any atom is -0.294 e. The van der Waals surface area contributed by atoms with Gasteiger partial charge in [0.05, 0.1) is 12.1 Å². The van der Waals surface area contributed by atoms with E-state index in [1.165, 1.54) is 6.42 Å². The Hall–Kier alpha value is -1.40. The average Bonchev–Trinajstić information content (AvgIpc) is 2.45. The van der Waals surface area contributed by atoms with Gasteiger partial charge in [-0.1, -0.05) is 19.1 Å². The van der Waals surface area contributed by atoms with Crippen LogP contribution < -0.4 is 10.9 Å². The summed E-state index contributed by atoms with van der Waals surface area (Å²) in [5.74, 6) is 0.105. The highest BCUT2D eigenvalue weighted by atomic mass is 79.9. The fourth-order valence-electron chi connectivity index (χ4n) is 2.51. The summed E-state index contributed by atoms with van der Waals surface area (Å²) in [6.45, 7) is 4.39. The first kappa shape index (κ1) is 16.0. The van der Waals surface area contributed by atoms with E-state index in [-0.39, 0.29) is 11.8 Å². The van der Waals surface area contributed by atoms with E-state index in [9.17, 15) is 9.59 Å². The van der Waals surface area contributed by atoms with Crippen LogP contribution in [0.2, 0.25) is 0 Å². The number of benzene rings is 1. The molecule has 6 heteroatoms. The maximum atomic E-state index is 11.9. The van der Waals surface area contributed by atoms with Crippen molar-refractivity contribution in [3.05, 3.63) is 34.3 Å². The lowest BCUT2D eigenvalue weighted by Gasteiger charge is -2.30. The van der Waals surface area contributed by atoms with Gasteiger partial charge in [-0.3, -0.25) is 25.3 Å². The normalized spacial score (nSPS) is 19.0. The summed E-state index contributed by atoms with van der Waals surface area (Å²) in [6, 6.07) is 7.08. The van der Waals surface area contributed by atoms with Crippen molar-refractivity contribution < 1.29 is 9.59 Å². The van der Waals surface area contributed by atoms with Gasteiger partial charge in [0.15, 0.2) is 0 Å². The van der Waals surface area contributed by atoms with Crippen LogP contribution in [0.5, 0.6) is 0 Å². The Morgan fingerprint density at radius 1 is 1.33 bits per heavy atom. The lowest BCUT2D eigenvalue weighted by molar-refractivity contribution is -0.123. The highest BCUT2D eigenvalue weighted by Crippen LogP contribution is 2.15. The van der Waals surface area contributed by atoms with E-state index in [2.05, 4.69) is 38.6 Å². The van der Waals surface area contributed by atoms with Gasteiger partial charge in [0.1, 0.15) is 0 Å². The van der Waals surface area contributed by atoms with Crippen LogP contribution in [0.3, 0.4) is 0 Å². The molecule has 2 rings (SSSR count). The molecule has 1 aromatic rings. The molecule has 1 fully saturated rings. The van der Waals surface area contributed by atoms with E-state index >= 15 is 0 Å². The van der Waals surface area contributed by atoms with E-state index in [0.29, 0.717) is 22.5 Å². The number of hydrazine groups is 1. The van der Waals surface area contributed by atoms with Gasteiger partial charge in [-0.05, 0) is 53.4 Å². The van der Waals surface area contributed by atoms with Crippen LogP contribution in [-0.4, -0.2) is 36.3 Å². The van der Waals surface area contributed by atoms with Crippen molar-refractivity contribution in [1.82, 2.24) is 15.8 Å². The van der Waals surface area contributed by atoms with Crippen molar-refractivity contribution in [2.45, 2.75) is 19.8 Å². The number of halogens is 1. The smallest absolute Gasteiger partial charge is 0.270 e. The maximum absolute atomic E-state index is 11.9. The van der Waals surface area contributed by atoms with Crippen LogP contribution in [0.1, 0.15) is 30.1 Å². The van der Waals surface area contributed by atoms with Crippen molar-refractivity contribution in [2.24, 2.45) is 5.92 Å². The quantitative estimate of drug-likeness (QED) is 0.816. The number of hydrogen-bond acceptors (Lipinski definition) is 3. The lowest BCUT2D eigenvalue weighted by Crippen LogP contribution is -2.48. The first-order valence-corrected chi connectivity index (χ1v) is 7.91. The SMILES string of the molecule is C[C@H]1CCCN(CC(=O)NNC(=O)c2ccccc2Br)C1. The molecule has 1 aliphatic rings. The van der Waals surface area contributed by atoms with E-state index in [1.54, 1.807) is 18.2 Å². The summed E-state index contributed by atoms with van der Waals surface area (Å²) < 4.78 is 0.696. The first-order valence-electron chi connectivity index (χ1n) is 7.12. The predicted octanol–water partition coefficient (Wildman–Crippen LogP) is 1.94. The number of carbonyl (C=O) groups is 2. The molecule has 1 atom stereocenters. The van der Waals surface area contributed by atoms with E-state index < -0.39 is 0 Å². The molecular weight excluding hydrogens is 334 g/mol. The second-order valence-electron chi connectivity index (χ2n) is 5.46. The Labute approximate surface area is 133 Å². The lowest BCUT2D eigenvalue weighted by atomic mass is 10.0. The van der Waals surface area contributed by atoms with Crippen molar-refractivity contribution >= 4 is 27.7 Å².